The van der Waals surface area contributed by atoms with E-state index in [4.69, 9.17) is 9.84 Å². The number of methoxy groups -OCH3 is 1. The molecule has 96 valence electrons. The third kappa shape index (κ3) is 4.02. The topological polar surface area (TPSA) is 32.7 Å². The lowest BCUT2D eigenvalue weighted by Gasteiger charge is -2.35. The maximum Gasteiger partial charge on any atom is 0.118 e. The molecule has 0 aliphatic heterocycles. The molecule has 0 radical (unpaired) electrons. The largest absolute Gasteiger partial charge is 0.497 e. The molecule has 0 bridgehead atoms. The molecule has 0 aromatic heterocycles. The molecule has 17 heavy (non-hydrogen) atoms. The van der Waals surface area contributed by atoms with Gasteiger partial charge in [-0.15, -0.1) is 0 Å². The summed E-state index contributed by atoms with van der Waals surface area (Å²) in [6.45, 7) is 5.39. The Labute approximate surface area is 104 Å². The molecule has 1 rings (SSSR count). The fraction of sp³-hybridized carbons (Fsp3) is 0.571. The molecular weight excluding hydrogens is 214 g/mol. The summed E-state index contributed by atoms with van der Waals surface area (Å²) in [5.74, 6) is 0.881. The van der Waals surface area contributed by atoms with Gasteiger partial charge in [-0.25, -0.2) is 0 Å². The molecule has 0 spiro atoms. The van der Waals surface area contributed by atoms with Gasteiger partial charge in [0.2, 0.25) is 0 Å². The normalized spacial score (nSPS) is 11.9. The van der Waals surface area contributed by atoms with Crippen LogP contribution in [0.15, 0.2) is 24.3 Å². The molecule has 1 N–H and O–H groups in total. The standard InChI is InChI=1S/C14H23NO2/c1-14(2,9-10-16)15(3)11-12-5-7-13(17-4)8-6-12/h5-8,16H,9-11H2,1-4H3. The summed E-state index contributed by atoms with van der Waals surface area (Å²) in [5.41, 5.74) is 1.26. The summed E-state index contributed by atoms with van der Waals surface area (Å²) < 4.78 is 5.13. The quantitative estimate of drug-likeness (QED) is 0.824. The highest BCUT2D eigenvalue weighted by molar-refractivity contribution is 5.27. The van der Waals surface area contributed by atoms with E-state index in [1.807, 2.05) is 12.1 Å². The smallest absolute Gasteiger partial charge is 0.118 e. The molecule has 0 fully saturated rings. The first-order valence-electron chi connectivity index (χ1n) is 5.94. The monoisotopic (exact) mass is 237 g/mol. The van der Waals surface area contributed by atoms with Crippen LogP contribution in [0.3, 0.4) is 0 Å². The molecule has 1 aromatic carbocycles. The molecule has 0 saturated heterocycles. The van der Waals surface area contributed by atoms with Crippen molar-refractivity contribution in [3.05, 3.63) is 29.8 Å². The van der Waals surface area contributed by atoms with Crippen molar-refractivity contribution in [2.75, 3.05) is 20.8 Å². The number of hydrogen-bond acceptors (Lipinski definition) is 3. The number of rotatable bonds is 6. The summed E-state index contributed by atoms with van der Waals surface area (Å²) in [6, 6.07) is 8.10. The minimum absolute atomic E-state index is 0.00861. The van der Waals surface area contributed by atoms with Crippen LogP contribution in [0.25, 0.3) is 0 Å². The Hall–Kier alpha value is -1.06. The van der Waals surface area contributed by atoms with Crippen LogP contribution >= 0.6 is 0 Å². The van der Waals surface area contributed by atoms with Crippen LogP contribution in [0.4, 0.5) is 0 Å². The fourth-order valence-electron chi connectivity index (χ4n) is 1.68. The predicted octanol–water partition coefficient (Wildman–Crippen LogP) is 2.29. The second kappa shape index (κ2) is 6.03. The van der Waals surface area contributed by atoms with Crippen LogP contribution in [-0.4, -0.2) is 36.3 Å². The van der Waals surface area contributed by atoms with E-state index in [1.165, 1.54) is 5.56 Å². The van der Waals surface area contributed by atoms with E-state index in [9.17, 15) is 0 Å². The Morgan fingerprint density at radius 1 is 1.24 bits per heavy atom. The summed E-state index contributed by atoms with van der Waals surface area (Å²) in [6.07, 6.45) is 0.777. The predicted molar refractivity (Wildman–Crippen MR) is 70.2 cm³/mol. The molecule has 0 heterocycles. The van der Waals surface area contributed by atoms with E-state index in [-0.39, 0.29) is 12.1 Å². The van der Waals surface area contributed by atoms with Gasteiger partial charge in [-0.3, -0.25) is 4.90 Å². The third-order valence-electron chi connectivity index (χ3n) is 3.34. The highest BCUT2D eigenvalue weighted by Gasteiger charge is 2.22. The molecular formula is C14H23NO2. The zero-order valence-corrected chi connectivity index (χ0v) is 11.2. The van der Waals surface area contributed by atoms with Gasteiger partial charge < -0.3 is 9.84 Å². The molecule has 0 aliphatic carbocycles. The van der Waals surface area contributed by atoms with Crippen LogP contribution in [0, 0.1) is 0 Å². The maximum atomic E-state index is 9.04. The average Bonchev–Trinajstić information content (AvgIpc) is 2.30. The maximum absolute atomic E-state index is 9.04. The van der Waals surface area contributed by atoms with E-state index in [0.29, 0.717) is 0 Å². The molecule has 3 nitrogen and oxygen atoms in total. The SMILES string of the molecule is COc1ccc(CN(C)C(C)(C)CCO)cc1. The first kappa shape index (κ1) is 14.0. The second-order valence-corrected chi connectivity index (χ2v) is 4.99. The summed E-state index contributed by atoms with van der Waals surface area (Å²) in [4.78, 5) is 2.25. The van der Waals surface area contributed by atoms with Gasteiger partial charge in [-0.05, 0) is 45.0 Å². The first-order chi connectivity index (χ1) is 7.99. The Bertz CT molecular complexity index is 333. The lowest BCUT2D eigenvalue weighted by molar-refractivity contribution is 0.110. The Morgan fingerprint density at radius 2 is 1.82 bits per heavy atom. The van der Waals surface area contributed by atoms with Gasteiger partial charge in [0.25, 0.3) is 0 Å². The number of aliphatic hydroxyl groups is 1. The van der Waals surface area contributed by atoms with Crippen molar-refractivity contribution >= 4 is 0 Å². The summed E-state index contributed by atoms with van der Waals surface area (Å²) in [5, 5.41) is 9.04. The molecule has 0 amide bonds. The van der Waals surface area contributed by atoms with Gasteiger partial charge >= 0.3 is 0 Å². The molecule has 0 unspecified atom stereocenters. The van der Waals surface area contributed by atoms with Crippen LogP contribution in [0.1, 0.15) is 25.8 Å². The van der Waals surface area contributed by atoms with E-state index in [0.717, 1.165) is 18.7 Å². The van der Waals surface area contributed by atoms with E-state index >= 15 is 0 Å². The highest BCUT2D eigenvalue weighted by atomic mass is 16.5. The van der Waals surface area contributed by atoms with Crippen molar-refractivity contribution in [2.45, 2.75) is 32.4 Å². The van der Waals surface area contributed by atoms with Crippen molar-refractivity contribution in [1.29, 1.82) is 0 Å². The van der Waals surface area contributed by atoms with Gasteiger partial charge in [-0.2, -0.15) is 0 Å². The molecule has 1 aromatic rings. The van der Waals surface area contributed by atoms with Crippen LogP contribution < -0.4 is 4.74 Å². The second-order valence-electron chi connectivity index (χ2n) is 4.99. The molecule has 0 aliphatic rings. The lowest BCUT2D eigenvalue weighted by Crippen LogP contribution is -2.41. The number of nitrogens with zero attached hydrogens (tertiary/aromatic N) is 1. The minimum atomic E-state index is 0.00861. The van der Waals surface area contributed by atoms with Gasteiger partial charge in [0.15, 0.2) is 0 Å². The first-order valence-corrected chi connectivity index (χ1v) is 5.94. The van der Waals surface area contributed by atoms with E-state index in [1.54, 1.807) is 7.11 Å². The third-order valence-corrected chi connectivity index (χ3v) is 3.34. The van der Waals surface area contributed by atoms with Gasteiger partial charge in [-0.1, -0.05) is 12.1 Å². The van der Waals surface area contributed by atoms with Gasteiger partial charge in [0.1, 0.15) is 5.75 Å². The number of hydrogen-bond donors (Lipinski definition) is 1. The zero-order chi connectivity index (χ0) is 12.9. The van der Waals surface area contributed by atoms with Crippen molar-refractivity contribution in [2.24, 2.45) is 0 Å². The van der Waals surface area contributed by atoms with Crippen LogP contribution in [0.5, 0.6) is 5.75 Å². The Balaban J connectivity index is 2.63. The van der Waals surface area contributed by atoms with Gasteiger partial charge in [0.05, 0.1) is 7.11 Å². The molecule has 0 atom stereocenters. The van der Waals surface area contributed by atoms with Crippen LogP contribution in [-0.2, 0) is 6.54 Å². The van der Waals surface area contributed by atoms with Crippen molar-refractivity contribution < 1.29 is 9.84 Å². The fourth-order valence-corrected chi connectivity index (χ4v) is 1.68. The van der Waals surface area contributed by atoms with Crippen LogP contribution in [0.2, 0.25) is 0 Å². The summed E-state index contributed by atoms with van der Waals surface area (Å²) in [7, 11) is 3.76. The average molecular weight is 237 g/mol. The van der Waals surface area contributed by atoms with Crippen molar-refractivity contribution in [1.82, 2.24) is 4.90 Å². The van der Waals surface area contributed by atoms with E-state index in [2.05, 4.69) is 37.9 Å². The minimum Gasteiger partial charge on any atom is -0.497 e. The number of benzene rings is 1. The van der Waals surface area contributed by atoms with Crippen molar-refractivity contribution in [3.63, 3.8) is 0 Å². The molecule has 0 saturated carbocycles. The molecule has 3 heteroatoms. The van der Waals surface area contributed by atoms with Gasteiger partial charge in [0, 0.05) is 18.7 Å². The highest BCUT2D eigenvalue weighted by Crippen LogP contribution is 2.20. The lowest BCUT2D eigenvalue weighted by atomic mass is 9.98. The number of aliphatic hydroxyl groups excluding tert-OH is 1. The number of ether oxygens (including phenoxy) is 1. The Kier molecular flexibility index (Phi) is 4.97. The summed E-state index contributed by atoms with van der Waals surface area (Å²) >= 11 is 0. The van der Waals surface area contributed by atoms with Crippen molar-refractivity contribution in [3.8, 4) is 5.75 Å². The Morgan fingerprint density at radius 3 is 2.29 bits per heavy atom. The zero-order valence-electron chi connectivity index (χ0n) is 11.2. The van der Waals surface area contributed by atoms with E-state index < -0.39 is 0 Å².